The molecule has 0 N–H and O–H groups in total. The minimum absolute atomic E-state index is 0.178. The molecule has 0 aromatic heterocycles. The predicted molar refractivity (Wildman–Crippen MR) is 49.7 cm³/mol. The minimum Gasteiger partial charge on any atom is -0.193 e. The van der Waals surface area contributed by atoms with Crippen LogP contribution in [0.5, 0.6) is 0 Å². The van der Waals surface area contributed by atoms with E-state index in [4.69, 9.17) is 0 Å². The largest absolute Gasteiger partial charge is 0.193 e. The second kappa shape index (κ2) is 6.03. The molecule has 0 fully saturated rings. The van der Waals surface area contributed by atoms with Crippen molar-refractivity contribution >= 4 is 11.8 Å². The molecule has 0 spiro atoms. The highest BCUT2D eigenvalue weighted by Crippen LogP contribution is 2.10. The lowest BCUT2D eigenvalue weighted by molar-refractivity contribution is -0.124. The fourth-order valence-electron chi connectivity index (χ4n) is 0.855. The molecule has 0 aliphatic heterocycles. The number of thioether (sulfide) groups is 1. The Morgan fingerprint density at radius 2 is 2.00 bits per heavy atom. The number of hydrogen-bond acceptors (Lipinski definition) is 2. The van der Waals surface area contributed by atoms with Crippen LogP contribution in [0.4, 0.5) is 4.53 Å². The second-order valence-corrected chi connectivity index (χ2v) is 3.46. The molecule has 1 aromatic rings. The van der Waals surface area contributed by atoms with Gasteiger partial charge in [0, 0.05) is 11.5 Å². The summed E-state index contributed by atoms with van der Waals surface area (Å²) in [4.78, 5) is 3.46. The molecule has 1 nitrogen and oxygen atoms in total. The van der Waals surface area contributed by atoms with Gasteiger partial charge in [0.15, 0.2) is 0 Å². The average molecular weight is 186 g/mol. The van der Waals surface area contributed by atoms with E-state index in [1.807, 2.05) is 18.2 Å². The predicted octanol–water partition coefficient (Wildman–Crippen LogP) is 2.82. The fraction of sp³-hybridized carbons (Fsp3) is 0.333. The van der Waals surface area contributed by atoms with Gasteiger partial charge in [0.1, 0.15) is 0 Å². The van der Waals surface area contributed by atoms with Crippen LogP contribution < -0.4 is 0 Å². The summed E-state index contributed by atoms with van der Waals surface area (Å²) in [5.74, 6) is 1.62. The summed E-state index contributed by atoms with van der Waals surface area (Å²) >= 11 is 1.67. The van der Waals surface area contributed by atoms with Gasteiger partial charge >= 0.3 is 0 Å². The van der Waals surface area contributed by atoms with Crippen molar-refractivity contribution in [2.75, 3.05) is 12.4 Å². The van der Waals surface area contributed by atoms with Crippen LogP contribution >= 0.6 is 11.8 Å². The molecule has 0 saturated heterocycles. The first kappa shape index (κ1) is 9.55. The van der Waals surface area contributed by atoms with Gasteiger partial charge in [-0.1, -0.05) is 30.3 Å². The van der Waals surface area contributed by atoms with E-state index >= 15 is 0 Å². The standard InChI is InChI=1S/C9H11FOS/c10-11-6-7-12-8-9-4-2-1-3-5-9/h1-5H,6-8H2. The monoisotopic (exact) mass is 186 g/mol. The van der Waals surface area contributed by atoms with Gasteiger partial charge < -0.3 is 0 Å². The molecule has 0 radical (unpaired) electrons. The molecule has 0 bridgehead atoms. The lowest BCUT2D eigenvalue weighted by Crippen LogP contribution is -1.89. The van der Waals surface area contributed by atoms with Gasteiger partial charge in [-0.3, -0.25) is 0 Å². The molecule has 0 aliphatic rings. The molecular formula is C9H11FOS. The number of halogens is 1. The topological polar surface area (TPSA) is 9.23 Å². The van der Waals surface area contributed by atoms with Crippen LogP contribution in [-0.2, 0) is 10.7 Å². The van der Waals surface area contributed by atoms with Crippen LogP contribution in [-0.4, -0.2) is 12.4 Å². The summed E-state index contributed by atoms with van der Waals surface area (Å²) in [6.45, 7) is 0.178. The maximum Gasteiger partial charge on any atom is 0.0966 e. The first-order valence-corrected chi connectivity index (χ1v) is 4.94. The molecule has 12 heavy (non-hydrogen) atoms. The van der Waals surface area contributed by atoms with E-state index in [9.17, 15) is 4.53 Å². The SMILES string of the molecule is FOCCSCc1ccccc1. The van der Waals surface area contributed by atoms with Crippen LogP contribution in [0.15, 0.2) is 30.3 Å². The van der Waals surface area contributed by atoms with Crippen molar-refractivity contribution in [1.82, 2.24) is 0 Å². The maximum absolute atomic E-state index is 11.2. The van der Waals surface area contributed by atoms with E-state index in [0.717, 1.165) is 5.75 Å². The Kier molecular flexibility index (Phi) is 4.80. The Morgan fingerprint density at radius 3 is 2.67 bits per heavy atom. The highest BCUT2D eigenvalue weighted by atomic mass is 32.2. The summed E-state index contributed by atoms with van der Waals surface area (Å²) in [6.07, 6.45) is 0. The zero-order chi connectivity index (χ0) is 8.65. The van der Waals surface area contributed by atoms with E-state index in [2.05, 4.69) is 17.1 Å². The highest BCUT2D eigenvalue weighted by Gasteiger charge is 1.91. The van der Waals surface area contributed by atoms with Crippen molar-refractivity contribution < 1.29 is 9.47 Å². The van der Waals surface area contributed by atoms with Gasteiger partial charge in [0.05, 0.1) is 6.61 Å². The summed E-state index contributed by atoms with van der Waals surface area (Å²) in [6, 6.07) is 10.1. The first-order valence-electron chi connectivity index (χ1n) is 3.78. The Morgan fingerprint density at radius 1 is 1.25 bits per heavy atom. The van der Waals surface area contributed by atoms with Crippen LogP contribution in [0.2, 0.25) is 0 Å². The molecule has 0 amide bonds. The third kappa shape index (κ3) is 3.74. The van der Waals surface area contributed by atoms with Crippen molar-refractivity contribution in [3.05, 3.63) is 35.9 Å². The highest BCUT2D eigenvalue weighted by molar-refractivity contribution is 7.98. The summed E-state index contributed by atoms with van der Waals surface area (Å²) in [5.41, 5.74) is 1.27. The van der Waals surface area contributed by atoms with E-state index in [-0.39, 0.29) is 6.61 Å². The molecule has 1 aromatic carbocycles. The van der Waals surface area contributed by atoms with E-state index in [0.29, 0.717) is 5.75 Å². The molecule has 0 saturated carbocycles. The molecule has 0 aliphatic carbocycles. The summed E-state index contributed by atoms with van der Waals surface area (Å²) in [7, 11) is 0. The third-order valence-corrected chi connectivity index (χ3v) is 2.41. The van der Waals surface area contributed by atoms with Gasteiger partial charge in [-0.15, -0.1) is 0 Å². The van der Waals surface area contributed by atoms with Crippen molar-refractivity contribution in [3.63, 3.8) is 0 Å². The quantitative estimate of drug-likeness (QED) is 0.654. The number of rotatable bonds is 5. The molecule has 0 unspecified atom stereocenters. The third-order valence-electron chi connectivity index (χ3n) is 1.42. The summed E-state index contributed by atoms with van der Waals surface area (Å²) in [5, 5.41) is 0. The van der Waals surface area contributed by atoms with Crippen molar-refractivity contribution in [3.8, 4) is 0 Å². The number of hydrogen-bond donors (Lipinski definition) is 0. The van der Waals surface area contributed by atoms with Crippen LogP contribution in [0, 0.1) is 0 Å². The molecule has 1 rings (SSSR count). The van der Waals surface area contributed by atoms with Crippen molar-refractivity contribution in [2.45, 2.75) is 5.75 Å². The molecule has 0 atom stereocenters. The molecule has 66 valence electrons. The van der Waals surface area contributed by atoms with E-state index in [1.165, 1.54) is 5.56 Å². The van der Waals surface area contributed by atoms with Gasteiger partial charge in [-0.05, 0) is 10.1 Å². The van der Waals surface area contributed by atoms with Crippen LogP contribution in [0.25, 0.3) is 0 Å². The molecular weight excluding hydrogens is 175 g/mol. The number of benzene rings is 1. The van der Waals surface area contributed by atoms with Crippen molar-refractivity contribution in [2.24, 2.45) is 0 Å². The van der Waals surface area contributed by atoms with Crippen molar-refractivity contribution in [1.29, 1.82) is 0 Å². The van der Waals surface area contributed by atoms with Crippen LogP contribution in [0.1, 0.15) is 5.56 Å². The Hall–Kier alpha value is -0.540. The fourth-order valence-corrected chi connectivity index (χ4v) is 1.61. The van der Waals surface area contributed by atoms with Gasteiger partial charge in [0.2, 0.25) is 0 Å². The zero-order valence-corrected chi connectivity index (χ0v) is 7.52. The lowest BCUT2D eigenvalue weighted by Gasteiger charge is -1.98. The average Bonchev–Trinajstić information content (AvgIpc) is 2.14. The first-order chi connectivity index (χ1) is 5.93. The minimum atomic E-state index is 0.178. The smallest absolute Gasteiger partial charge is 0.0966 e. The second-order valence-electron chi connectivity index (χ2n) is 2.35. The van der Waals surface area contributed by atoms with E-state index in [1.54, 1.807) is 11.8 Å². The van der Waals surface area contributed by atoms with Gasteiger partial charge in [0.25, 0.3) is 0 Å². The Balaban J connectivity index is 2.16. The normalized spacial score (nSPS) is 10.1. The lowest BCUT2D eigenvalue weighted by atomic mass is 10.2. The van der Waals surface area contributed by atoms with Gasteiger partial charge in [-0.2, -0.15) is 16.7 Å². The summed E-state index contributed by atoms with van der Waals surface area (Å²) < 4.78 is 11.2. The van der Waals surface area contributed by atoms with E-state index < -0.39 is 0 Å². The maximum atomic E-state index is 11.2. The molecule has 3 heteroatoms. The van der Waals surface area contributed by atoms with Crippen LogP contribution in [0.3, 0.4) is 0 Å². The Bertz CT molecular complexity index is 203. The molecule has 0 heterocycles. The van der Waals surface area contributed by atoms with Gasteiger partial charge in [-0.25, -0.2) is 0 Å². The zero-order valence-electron chi connectivity index (χ0n) is 6.70. The Labute approximate surface area is 75.8 Å².